The van der Waals surface area contributed by atoms with Crippen molar-refractivity contribution in [3.05, 3.63) is 18.1 Å². The van der Waals surface area contributed by atoms with Crippen molar-refractivity contribution in [2.75, 3.05) is 13.1 Å². The first-order chi connectivity index (χ1) is 11.4. The Kier molecular flexibility index (Phi) is 4.29. The molecule has 0 spiro atoms. The molecule has 1 amide bonds. The van der Waals surface area contributed by atoms with Gasteiger partial charge < -0.3 is 14.2 Å². The molecule has 0 aromatic carbocycles. The van der Waals surface area contributed by atoms with Gasteiger partial charge in [-0.3, -0.25) is 4.68 Å². The van der Waals surface area contributed by atoms with E-state index in [2.05, 4.69) is 15.2 Å². The van der Waals surface area contributed by atoms with Gasteiger partial charge in [-0.05, 0) is 40.2 Å². The minimum Gasteiger partial charge on any atom is -0.444 e. The molecule has 0 saturated carbocycles. The summed E-state index contributed by atoms with van der Waals surface area (Å²) in [5.74, 6) is 1.15. The molecule has 0 radical (unpaired) electrons. The summed E-state index contributed by atoms with van der Waals surface area (Å²) >= 11 is 0. The Hall–Kier alpha value is -2.38. The number of aryl methyl sites for hydroxylation is 1. The summed E-state index contributed by atoms with van der Waals surface area (Å²) in [6, 6.07) is 1.85. The lowest BCUT2D eigenvalue weighted by molar-refractivity contribution is 0.0292. The number of hydrogen-bond acceptors (Lipinski definition) is 6. The molecular weight excluding hydrogens is 310 g/mol. The predicted octanol–water partition coefficient (Wildman–Crippen LogP) is 2.68. The van der Waals surface area contributed by atoms with Crippen molar-refractivity contribution in [1.82, 2.24) is 24.8 Å². The summed E-state index contributed by atoms with van der Waals surface area (Å²) in [5, 5.41) is 8.30. The second kappa shape index (κ2) is 6.26. The number of likely N-dealkylation sites (tertiary alicyclic amines) is 1. The molecule has 3 rings (SSSR count). The number of nitrogens with zero attached hydrogens (tertiary/aromatic N) is 5. The maximum Gasteiger partial charge on any atom is 0.410 e. The Balaban J connectivity index is 1.68. The molecule has 2 aromatic heterocycles. The number of amides is 1. The van der Waals surface area contributed by atoms with Crippen LogP contribution in [0, 0.1) is 0 Å². The largest absolute Gasteiger partial charge is 0.444 e. The molecule has 2 aromatic rings. The number of aromatic nitrogens is 4. The monoisotopic (exact) mass is 333 g/mol. The van der Waals surface area contributed by atoms with Crippen molar-refractivity contribution >= 4 is 6.09 Å². The molecule has 1 aliphatic rings. The van der Waals surface area contributed by atoms with Gasteiger partial charge in [0.05, 0.1) is 0 Å². The highest BCUT2D eigenvalue weighted by Gasteiger charge is 2.33. The summed E-state index contributed by atoms with van der Waals surface area (Å²) in [6.07, 6.45) is 2.21. The molecule has 0 N–H and O–H groups in total. The minimum atomic E-state index is -0.493. The van der Waals surface area contributed by atoms with E-state index in [9.17, 15) is 4.79 Å². The van der Waals surface area contributed by atoms with Gasteiger partial charge in [0.25, 0.3) is 5.89 Å². The standard InChI is InChI=1S/C16H23N5O3/c1-5-21-12(6-8-17-21)14-18-13(19-24-14)11-7-9-20(10-11)15(22)23-16(2,3)4/h6,8,11H,5,7,9-10H2,1-4H3. The maximum atomic E-state index is 12.1. The van der Waals surface area contributed by atoms with E-state index in [0.29, 0.717) is 24.8 Å². The zero-order chi connectivity index (χ0) is 17.3. The predicted molar refractivity (Wildman–Crippen MR) is 86.4 cm³/mol. The van der Waals surface area contributed by atoms with Crippen LogP contribution in [0.2, 0.25) is 0 Å². The second-order valence-corrected chi connectivity index (χ2v) is 6.90. The van der Waals surface area contributed by atoms with Crippen molar-refractivity contribution in [3.63, 3.8) is 0 Å². The van der Waals surface area contributed by atoms with Crippen molar-refractivity contribution < 1.29 is 14.1 Å². The van der Waals surface area contributed by atoms with Crippen LogP contribution in [0.3, 0.4) is 0 Å². The SMILES string of the molecule is CCn1nccc1-c1nc(C2CCN(C(=O)OC(C)(C)C)C2)no1. The van der Waals surface area contributed by atoms with Crippen LogP contribution < -0.4 is 0 Å². The third-order valence-corrected chi connectivity index (χ3v) is 3.88. The third-order valence-electron chi connectivity index (χ3n) is 3.88. The van der Waals surface area contributed by atoms with Crippen molar-refractivity contribution in [3.8, 4) is 11.6 Å². The van der Waals surface area contributed by atoms with Gasteiger partial charge in [0.15, 0.2) is 5.82 Å². The molecule has 1 fully saturated rings. The van der Waals surface area contributed by atoms with Crippen LogP contribution >= 0.6 is 0 Å². The van der Waals surface area contributed by atoms with E-state index in [0.717, 1.165) is 18.7 Å². The van der Waals surface area contributed by atoms with Gasteiger partial charge >= 0.3 is 6.09 Å². The Labute approximate surface area is 140 Å². The van der Waals surface area contributed by atoms with E-state index in [-0.39, 0.29) is 12.0 Å². The average molecular weight is 333 g/mol. The molecule has 0 aliphatic carbocycles. The molecule has 8 nitrogen and oxygen atoms in total. The summed E-state index contributed by atoms with van der Waals surface area (Å²) in [5.41, 5.74) is 0.311. The highest BCUT2D eigenvalue weighted by atomic mass is 16.6. The Morgan fingerprint density at radius 1 is 1.46 bits per heavy atom. The highest BCUT2D eigenvalue weighted by Crippen LogP contribution is 2.28. The van der Waals surface area contributed by atoms with Crippen LogP contribution in [-0.4, -0.2) is 49.6 Å². The van der Waals surface area contributed by atoms with Crippen LogP contribution in [0.4, 0.5) is 4.79 Å². The van der Waals surface area contributed by atoms with Gasteiger partial charge in [0, 0.05) is 31.7 Å². The van der Waals surface area contributed by atoms with Gasteiger partial charge in [0.2, 0.25) is 0 Å². The molecule has 1 unspecified atom stereocenters. The molecular formula is C16H23N5O3. The lowest BCUT2D eigenvalue weighted by atomic mass is 10.1. The van der Waals surface area contributed by atoms with Crippen molar-refractivity contribution in [2.24, 2.45) is 0 Å². The second-order valence-electron chi connectivity index (χ2n) is 6.90. The molecule has 8 heteroatoms. The Bertz CT molecular complexity index is 715. The number of hydrogen-bond donors (Lipinski definition) is 0. The lowest BCUT2D eigenvalue weighted by Gasteiger charge is -2.24. The quantitative estimate of drug-likeness (QED) is 0.858. The van der Waals surface area contributed by atoms with Crippen molar-refractivity contribution in [1.29, 1.82) is 0 Å². The summed E-state index contributed by atoms with van der Waals surface area (Å²) < 4.78 is 12.6. The van der Waals surface area contributed by atoms with E-state index in [1.807, 2.05) is 33.8 Å². The summed E-state index contributed by atoms with van der Waals surface area (Å²) in [6.45, 7) is 9.50. The highest BCUT2D eigenvalue weighted by molar-refractivity contribution is 5.68. The first-order valence-electron chi connectivity index (χ1n) is 8.21. The summed E-state index contributed by atoms with van der Waals surface area (Å²) in [4.78, 5) is 18.3. The number of carbonyl (C=O) groups is 1. The van der Waals surface area contributed by atoms with E-state index in [4.69, 9.17) is 9.26 Å². The first kappa shape index (κ1) is 16.5. The molecule has 1 saturated heterocycles. The molecule has 0 bridgehead atoms. The van der Waals surface area contributed by atoms with Crippen molar-refractivity contribution in [2.45, 2.75) is 52.2 Å². The van der Waals surface area contributed by atoms with Crippen LogP contribution in [0.1, 0.15) is 45.9 Å². The number of carbonyl (C=O) groups excluding carboxylic acids is 1. The Morgan fingerprint density at radius 2 is 2.25 bits per heavy atom. The minimum absolute atomic E-state index is 0.0630. The molecule has 24 heavy (non-hydrogen) atoms. The van der Waals surface area contributed by atoms with Crippen LogP contribution in [0.5, 0.6) is 0 Å². The molecule has 1 atom stereocenters. The fourth-order valence-electron chi connectivity index (χ4n) is 2.73. The first-order valence-corrected chi connectivity index (χ1v) is 8.21. The van der Waals surface area contributed by atoms with Gasteiger partial charge in [-0.2, -0.15) is 10.1 Å². The van der Waals surface area contributed by atoms with Crippen LogP contribution in [0.15, 0.2) is 16.8 Å². The number of rotatable bonds is 3. The fourth-order valence-corrected chi connectivity index (χ4v) is 2.73. The molecule has 3 heterocycles. The maximum absolute atomic E-state index is 12.1. The lowest BCUT2D eigenvalue weighted by Crippen LogP contribution is -2.35. The Morgan fingerprint density at radius 3 is 2.96 bits per heavy atom. The van der Waals surface area contributed by atoms with E-state index >= 15 is 0 Å². The molecule has 130 valence electrons. The zero-order valence-corrected chi connectivity index (χ0v) is 14.5. The fraction of sp³-hybridized carbons (Fsp3) is 0.625. The average Bonchev–Trinajstić information content (AvgIpc) is 3.24. The third kappa shape index (κ3) is 3.42. The van der Waals surface area contributed by atoms with Gasteiger partial charge in [-0.25, -0.2) is 4.79 Å². The molecule has 1 aliphatic heterocycles. The van der Waals surface area contributed by atoms with Gasteiger partial charge in [-0.1, -0.05) is 5.16 Å². The number of ether oxygens (including phenoxy) is 1. The van der Waals surface area contributed by atoms with E-state index in [1.165, 1.54) is 0 Å². The van der Waals surface area contributed by atoms with E-state index in [1.54, 1.807) is 15.8 Å². The van der Waals surface area contributed by atoms with E-state index < -0.39 is 5.60 Å². The van der Waals surface area contributed by atoms with Gasteiger partial charge in [0.1, 0.15) is 11.3 Å². The smallest absolute Gasteiger partial charge is 0.410 e. The van der Waals surface area contributed by atoms with Crippen LogP contribution in [-0.2, 0) is 11.3 Å². The summed E-state index contributed by atoms with van der Waals surface area (Å²) in [7, 11) is 0. The topological polar surface area (TPSA) is 86.3 Å². The zero-order valence-electron chi connectivity index (χ0n) is 14.5. The van der Waals surface area contributed by atoms with Crippen LogP contribution in [0.25, 0.3) is 11.6 Å². The normalized spacial score (nSPS) is 18.2. The van der Waals surface area contributed by atoms with Gasteiger partial charge in [-0.15, -0.1) is 0 Å².